The molecule has 0 atom stereocenters. The lowest BCUT2D eigenvalue weighted by Crippen LogP contribution is -2.24. The van der Waals surface area contributed by atoms with Crippen molar-refractivity contribution in [2.75, 3.05) is 7.11 Å². The molecular formula is C20H19FN2O3S. The van der Waals surface area contributed by atoms with Crippen LogP contribution in [0.1, 0.15) is 11.1 Å². The summed E-state index contributed by atoms with van der Waals surface area (Å²) in [6.45, 7) is 1.66. The topological polar surface area (TPSA) is 68.3 Å². The average molecular weight is 386 g/mol. The van der Waals surface area contributed by atoms with E-state index in [1.165, 1.54) is 12.1 Å². The molecule has 140 valence electrons. The monoisotopic (exact) mass is 386 g/mol. The van der Waals surface area contributed by atoms with E-state index < -0.39 is 15.8 Å². The number of methoxy groups -OCH3 is 1. The molecule has 7 heteroatoms. The molecule has 0 fully saturated rings. The first kappa shape index (κ1) is 19.0. The minimum absolute atomic E-state index is 0.0352. The molecule has 0 bridgehead atoms. The van der Waals surface area contributed by atoms with Gasteiger partial charge in [-0.25, -0.2) is 17.5 Å². The van der Waals surface area contributed by atoms with E-state index in [-0.39, 0.29) is 11.4 Å². The van der Waals surface area contributed by atoms with Crippen LogP contribution < -0.4 is 9.46 Å². The number of hydrogen-bond acceptors (Lipinski definition) is 4. The van der Waals surface area contributed by atoms with Gasteiger partial charge in [-0.05, 0) is 60.5 Å². The lowest BCUT2D eigenvalue weighted by Gasteiger charge is -2.12. The van der Waals surface area contributed by atoms with Crippen molar-refractivity contribution < 1.29 is 17.5 Å². The Morgan fingerprint density at radius 2 is 1.85 bits per heavy atom. The summed E-state index contributed by atoms with van der Waals surface area (Å²) in [5.74, 6) is 0.125. The quantitative estimate of drug-likeness (QED) is 0.702. The number of halogens is 1. The molecule has 0 amide bonds. The van der Waals surface area contributed by atoms with E-state index in [2.05, 4.69) is 9.71 Å². The third-order valence-electron chi connectivity index (χ3n) is 4.15. The third kappa shape index (κ3) is 4.32. The molecule has 1 N–H and O–H groups in total. The minimum atomic E-state index is -3.86. The Labute approximate surface area is 157 Å². The highest BCUT2D eigenvalue weighted by molar-refractivity contribution is 7.89. The van der Waals surface area contributed by atoms with E-state index >= 15 is 0 Å². The normalized spacial score (nSPS) is 11.4. The number of ether oxygens (including phenoxy) is 1. The van der Waals surface area contributed by atoms with Crippen LogP contribution in [0.5, 0.6) is 5.75 Å². The molecule has 3 rings (SSSR count). The Bertz CT molecular complexity index is 1050. The predicted octanol–water partition coefficient (Wildman–Crippen LogP) is 3.68. The molecular weight excluding hydrogens is 367 g/mol. The van der Waals surface area contributed by atoms with Crippen LogP contribution in [-0.4, -0.2) is 20.5 Å². The zero-order chi connectivity index (χ0) is 19.4. The molecule has 0 aliphatic carbocycles. The number of sulfonamides is 1. The van der Waals surface area contributed by atoms with Crippen molar-refractivity contribution in [2.24, 2.45) is 0 Å². The number of hydrogen-bond donors (Lipinski definition) is 1. The summed E-state index contributed by atoms with van der Waals surface area (Å²) in [5.41, 5.74) is 2.69. The van der Waals surface area contributed by atoms with Crippen LogP contribution in [-0.2, 0) is 16.6 Å². The van der Waals surface area contributed by atoms with E-state index in [1.807, 2.05) is 24.3 Å². The highest BCUT2D eigenvalue weighted by atomic mass is 32.2. The van der Waals surface area contributed by atoms with E-state index in [1.54, 1.807) is 32.4 Å². The second kappa shape index (κ2) is 7.85. The van der Waals surface area contributed by atoms with Crippen LogP contribution in [0.4, 0.5) is 4.39 Å². The largest absolute Gasteiger partial charge is 0.497 e. The zero-order valence-corrected chi connectivity index (χ0v) is 15.8. The fourth-order valence-corrected chi connectivity index (χ4v) is 3.96. The molecule has 2 aromatic carbocycles. The summed E-state index contributed by atoms with van der Waals surface area (Å²) in [6, 6.07) is 14.6. The molecule has 0 radical (unpaired) electrons. The van der Waals surface area contributed by atoms with Gasteiger partial charge in [0.25, 0.3) is 0 Å². The van der Waals surface area contributed by atoms with Gasteiger partial charge in [0.1, 0.15) is 11.6 Å². The van der Waals surface area contributed by atoms with Gasteiger partial charge in [0, 0.05) is 18.3 Å². The van der Waals surface area contributed by atoms with Crippen molar-refractivity contribution in [3.8, 4) is 17.0 Å². The highest BCUT2D eigenvalue weighted by Gasteiger charge is 2.18. The first-order chi connectivity index (χ1) is 12.9. The second-order valence-electron chi connectivity index (χ2n) is 5.97. The van der Waals surface area contributed by atoms with Gasteiger partial charge in [-0.1, -0.05) is 12.1 Å². The van der Waals surface area contributed by atoms with Gasteiger partial charge in [-0.3, -0.25) is 4.98 Å². The molecule has 1 heterocycles. The van der Waals surface area contributed by atoms with Crippen molar-refractivity contribution in [2.45, 2.75) is 18.4 Å². The van der Waals surface area contributed by atoms with E-state index in [0.717, 1.165) is 17.4 Å². The van der Waals surface area contributed by atoms with Gasteiger partial charge in [-0.2, -0.15) is 0 Å². The van der Waals surface area contributed by atoms with Gasteiger partial charge < -0.3 is 4.74 Å². The molecule has 3 aromatic rings. The summed E-state index contributed by atoms with van der Waals surface area (Å²) in [4.78, 5) is 4.30. The van der Waals surface area contributed by atoms with Crippen LogP contribution >= 0.6 is 0 Å². The number of aromatic nitrogens is 1. The maximum Gasteiger partial charge on any atom is 0.241 e. The number of rotatable bonds is 6. The molecule has 0 saturated carbocycles. The SMILES string of the molecule is COc1ccc(-c2ncccc2CNS(=O)(=O)c2cc(F)ccc2C)cc1. The molecule has 5 nitrogen and oxygen atoms in total. The van der Waals surface area contributed by atoms with E-state index in [0.29, 0.717) is 16.8 Å². The van der Waals surface area contributed by atoms with Gasteiger partial charge >= 0.3 is 0 Å². The molecule has 27 heavy (non-hydrogen) atoms. The first-order valence-corrected chi connectivity index (χ1v) is 9.73. The lowest BCUT2D eigenvalue weighted by atomic mass is 10.1. The maximum atomic E-state index is 13.5. The minimum Gasteiger partial charge on any atom is -0.497 e. The van der Waals surface area contributed by atoms with Crippen molar-refractivity contribution in [1.29, 1.82) is 0 Å². The van der Waals surface area contributed by atoms with Crippen molar-refractivity contribution in [3.05, 3.63) is 77.7 Å². The van der Waals surface area contributed by atoms with Gasteiger partial charge in [0.2, 0.25) is 10.0 Å². The Morgan fingerprint density at radius 1 is 1.11 bits per heavy atom. The summed E-state index contributed by atoms with van der Waals surface area (Å²) >= 11 is 0. The van der Waals surface area contributed by atoms with Crippen LogP contribution in [0.2, 0.25) is 0 Å². The fourth-order valence-electron chi connectivity index (χ4n) is 2.70. The Balaban J connectivity index is 1.87. The Morgan fingerprint density at radius 3 is 2.56 bits per heavy atom. The Kier molecular flexibility index (Phi) is 5.53. The average Bonchev–Trinajstić information content (AvgIpc) is 2.68. The van der Waals surface area contributed by atoms with Crippen molar-refractivity contribution in [1.82, 2.24) is 9.71 Å². The Hall–Kier alpha value is -2.77. The molecule has 0 saturated heterocycles. The van der Waals surface area contributed by atoms with Crippen LogP contribution in [0.15, 0.2) is 65.7 Å². The summed E-state index contributed by atoms with van der Waals surface area (Å²) in [6.07, 6.45) is 1.65. The van der Waals surface area contributed by atoms with Gasteiger partial charge in [0.15, 0.2) is 0 Å². The van der Waals surface area contributed by atoms with E-state index in [9.17, 15) is 12.8 Å². The lowest BCUT2D eigenvalue weighted by molar-refractivity contribution is 0.415. The number of nitrogens with zero attached hydrogens (tertiary/aromatic N) is 1. The molecule has 1 aromatic heterocycles. The molecule has 0 unspecified atom stereocenters. The second-order valence-corrected chi connectivity index (χ2v) is 7.71. The van der Waals surface area contributed by atoms with Crippen molar-refractivity contribution in [3.63, 3.8) is 0 Å². The highest BCUT2D eigenvalue weighted by Crippen LogP contribution is 2.24. The van der Waals surface area contributed by atoms with Gasteiger partial charge in [0.05, 0.1) is 17.7 Å². The number of nitrogens with one attached hydrogen (secondary N) is 1. The zero-order valence-electron chi connectivity index (χ0n) is 14.9. The number of pyridine rings is 1. The third-order valence-corrected chi connectivity index (χ3v) is 5.69. The van der Waals surface area contributed by atoms with Crippen molar-refractivity contribution >= 4 is 10.0 Å². The number of benzene rings is 2. The van der Waals surface area contributed by atoms with Crippen LogP contribution in [0.3, 0.4) is 0 Å². The molecule has 0 aliphatic rings. The summed E-state index contributed by atoms with van der Waals surface area (Å²) in [5, 5.41) is 0. The van der Waals surface area contributed by atoms with Crippen LogP contribution in [0.25, 0.3) is 11.3 Å². The predicted molar refractivity (Wildman–Crippen MR) is 101 cm³/mol. The van der Waals surface area contributed by atoms with E-state index in [4.69, 9.17) is 4.74 Å². The standard InChI is InChI=1S/C20H19FN2O3S/c1-14-5-8-17(21)12-19(14)27(24,25)23-13-16-4-3-11-22-20(16)15-6-9-18(26-2)10-7-15/h3-12,23H,13H2,1-2H3. The summed E-state index contributed by atoms with van der Waals surface area (Å²) < 4.78 is 46.4. The molecule has 0 aliphatic heterocycles. The first-order valence-electron chi connectivity index (χ1n) is 8.25. The van der Waals surface area contributed by atoms with Crippen LogP contribution in [0, 0.1) is 12.7 Å². The molecule has 0 spiro atoms. The number of aryl methyl sites for hydroxylation is 1. The summed E-state index contributed by atoms with van der Waals surface area (Å²) in [7, 11) is -2.27. The smallest absolute Gasteiger partial charge is 0.241 e. The van der Waals surface area contributed by atoms with Gasteiger partial charge in [-0.15, -0.1) is 0 Å². The maximum absolute atomic E-state index is 13.5. The fraction of sp³-hybridized carbons (Fsp3) is 0.150.